The summed E-state index contributed by atoms with van der Waals surface area (Å²) in [7, 11) is 0. The Hall–Kier alpha value is -2.29. The van der Waals surface area contributed by atoms with Crippen LogP contribution < -0.4 is 10.4 Å². The van der Waals surface area contributed by atoms with Gasteiger partial charge in [0.25, 0.3) is 0 Å². The second kappa shape index (κ2) is 5.16. The molecule has 0 unspecified atom stereocenters. The van der Waals surface area contributed by atoms with E-state index >= 15 is 0 Å². The fraction of sp³-hybridized carbons (Fsp3) is 0.316. The summed E-state index contributed by atoms with van der Waals surface area (Å²) in [6.07, 6.45) is 4.02. The highest BCUT2D eigenvalue weighted by Gasteiger charge is 2.19. The number of benzene rings is 2. The zero-order valence-electron chi connectivity index (χ0n) is 12.6. The van der Waals surface area contributed by atoms with E-state index in [1.807, 2.05) is 25.1 Å². The smallest absolute Gasteiger partial charge is 0.339 e. The van der Waals surface area contributed by atoms with Crippen LogP contribution in [0, 0.1) is 0 Å². The Bertz CT molecular complexity index is 921. The lowest BCUT2D eigenvalue weighted by Crippen LogP contribution is -2.15. The first kappa shape index (κ1) is 13.4. The van der Waals surface area contributed by atoms with Crippen LogP contribution in [-0.2, 0) is 12.8 Å². The third-order valence-electron chi connectivity index (χ3n) is 4.51. The van der Waals surface area contributed by atoms with Gasteiger partial charge in [-0.25, -0.2) is 4.79 Å². The summed E-state index contributed by atoms with van der Waals surface area (Å²) in [5, 5.41) is 3.03. The molecule has 4 rings (SSSR count). The molecule has 22 heavy (non-hydrogen) atoms. The van der Waals surface area contributed by atoms with Crippen molar-refractivity contribution in [2.45, 2.75) is 32.6 Å². The number of hydrogen-bond acceptors (Lipinski definition) is 3. The van der Waals surface area contributed by atoms with E-state index in [1.165, 1.54) is 5.56 Å². The molecule has 0 saturated heterocycles. The van der Waals surface area contributed by atoms with Gasteiger partial charge in [-0.3, -0.25) is 0 Å². The van der Waals surface area contributed by atoms with Crippen molar-refractivity contribution in [2.24, 2.45) is 0 Å². The van der Waals surface area contributed by atoms with Gasteiger partial charge in [-0.15, -0.1) is 0 Å². The summed E-state index contributed by atoms with van der Waals surface area (Å²) in [5.74, 6) is 0.835. The van der Waals surface area contributed by atoms with Crippen LogP contribution in [0.1, 0.15) is 30.9 Å². The van der Waals surface area contributed by atoms with Crippen LogP contribution >= 0.6 is 0 Å². The molecule has 0 amide bonds. The van der Waals surface area contributed by atoms with Gasteiger partial charge in [0.2, 0.25) is 0 Å². The van der Waals surface area contributed by atoms with E-state index in [9.17, 15) is 4.79 Å². The maximum Gasteiger partial charge on any atom is 0.339 e. The molecule has 112 valence electrons. The molecule has 0 radical (unpaired) electrons. The first-order chi connectivity index (χ1) is 10.8. The van der Waals surface area contributed by atoms with E-state index in [0.717, 1.165) is 53.2 Å². The Labute approximate surface area is 128 Å². The number of rotatable bonds is 2. The minimum absolute atomic E-state index is 0.170. The predicted octanol–water partition coefficient (Wildman–Crippen LogP) is 4.22. The van der Waals surface area contributed by atoms with Crippen molar-refractivity contribution in [1.82, 2.24) is 0 Å². The van der Waals surface area contributed by atoms with Crippen LogP contribution in [0.25, 0.3) is 21.7 Å². The molecule has 1 aromatic heterocycles. The molecule has 0 saturated carbocycles. The van der Waals surface area contributed by atoms with Gasteiger partial charge in [0.05, 0.1) is 6.61 Å². The van der Waals surface area contributed by atoms with Gasteiger partial charge in [-0.1, -0.05) is 18.2 Å². The van der Waals surface area contributed by atoms with Crippen LogP contribution in [0.3, 0.4) is 0 Å². The van der Waals surface area contributed by atoms with Crippen LogP contribution in [0.4, 0.5) is 0 Å². The second-order valence-corrected chi connectivity index (χ2v) is 5.78. The molecule has 0 N–H and O–H groups in total. The summed E-state index contributed by atoms with van der Waals surface area (Å²) < 4.78 is 11.4. The SMILES string of the molecule is CCOc1cccc2c1ccc1c3c(c(=O)oc12)CCCC3. The van der Waals surface area contributed by atoms with E-state index < -0.39 is 0 Å². The van der Waals surface area contributed by atoms with Gasteiger partial charge in [0.15, 0.2) is 0 Å². The molecule has 0 aliphatic heterocycles. The fourth-order valence-electron chi connectivity index (χ4n) is 3.51. The molecule has 3 aromatic rings. The minimum atomic E-state index is -0.170. The maximum atomic E-state index is 12.3. The second-order valence-electron chi connectivity index (χ2n) is 5.78. The van der Waals surface area contributed by atoms with Gasteiger partial charge >= 0.3 is 5.63 Å². The van der Waals surface area contributed by atoms with Crippen molar-refractivity contribution >= 4 is 21.7 Å². The highest BCUT2D eigenvalue weighted by atomic mass is 16.5. The van der Waals surface area contributed by atoms with Crippen LogP contribution in [0.2, 0.25) is 0 Å². The molecule has 0 spiro atoms. The van der Waals surface area contributed by atoms with E-state index in [-0.39, 0.29) is 5.63 Å². The third kappa shape index (κ3) is 1.92. The van der Waals surface area contributed by atoms with Crippen LogP contribution in [0.5, 0.6) is 5.75 Å². The molecule has 1 heterocycles. The van der Waals surface area contributed by atoms with Crippen molar-refractivity contribution < 1.29 is 9.15 Å². The molecule has 1 aliphatic carbocycles. The zero-order chi connectivity index (χ0) is 15.1. The normalized spacial score (nSPS) is 14.2. The summed E-state index contributed by atoms with van der Waals surface area (Å²) in [6.45, 7) is 2.58. The maximum absolute atomic E-state index is 12.3. The summed E-state index contributed by atoms with van der Waals surface area (Å²) in [6, 6.07) is 10.1. The van der Waals surface area contributed by atoms with Gasteiger partial charge < -0.3 is 9.15 Å². The topological polar surface area (TPSA) is 39.4 Å². The Morgan fingerprint density at radius 2 is 1.77 bits per heavy atom. The van der Waals surface area contributed by atoms with Crippen molar-refractivity contribution in [3.8, 4) is 5.75 Å². The molecule has 0 bridgehead atoms. The number of fused-ring (bicyclic) bond motifs is 5. The molecule has 1 aliphatic rings. The highest BCUT2D eigenvalue weighted by molar-refractivity contribution is 6.07. The first-order valence-corrected chi connectivity index (χ1v) is 7.92. The molecule has 3 nitrogen and oxygen atoms in total. The Kier molecular flexibility index (Phi) is 3.14. The molecular formula is C19H18O3. The van der Waals surface area contributed by atoms with Crippen molar-refractivity contribution in [3.63, 3.8) is 0 Å². The lowest BCUT2D eigenvalue weighted by Gasteiger charge is -2.17. The molecular weight excluding hydrogens is 276 g/mol. The summed E-state index contributed by atoms with van der Waals surface area (Å²) >= 11 is 0. The number of aryl methyl sites for hydroxylation is 1. The minimum Gasteiger partial charge on any atom is -0.493 e. The van der Waals surface area contributed by atoms with E-state index in [4.69, 9.17) is 9.15 Å². The highest BCUT2D eigenvalue weighted by Crippen LogP contribution is 2.34. The van der Waals surface area contributed by atoms with Gasteiger partial charge in [-0.05, 0) is 50.3 Å². The standard InChI is InChI=1S/C19H18O3/c1-2-21-17-9-5-8-14-13(17)10-11-15-12-6-3-4-7-16(12)19(20)22-18(14)15/h5,8-11H,2-4,6-7H2,1H3. The third-order valence-corrected chi connectivity index (χ3v) is 4.51. The van der Waals surface area contributed by atoms with E-state index in [1.54, 1.807) is 0 Å². The van der Waals surface area contributed by atoms with Gasteiger partial charge in [0, 0.05) is 21.7 Å². The van der Waals surface area contributed by atoms with Crippen molar-refractivity contribution in [2.75, 3.05) is 6.61 Å². The van der Waals surface area contributed by atoms with Gasteiger partial charge in [-0.2, -0.15) is 0 Å². The molecule has 0 atom stereocenters. The van der Waals surface area contributed by atoms with Crippen molar-refractivity contribution in [1.29, 1.82) is 0 Å². The molecule has 2 aromatic carbocycles. The summed E-state index contributed by atoms with van der Waals surface area (Å²) in [4.78, 5) is 12.3. The fourth-order valence-corrected chi connectivity index (χ4v) is 3.51. The Morgan fingerprint density at radius 1 is 1.00 bits per heavy atom. The number of ether oxygens (including phenoxy) is 1. The first-order valence-electron chi connectivity index (χ1n) is 7.92. The van der Waals surface area contributed by atoms with Crippen LogP contribution in [0.15, 0.2) is 39.5 Å². The Morgan fingerprint density at radius 3 is 2.59 bits per heavy atom. The Balaban J connectivity index is 2.10. The zero-order valence-corrected chi connectivity index (χ0v) is 12.6. The van der Waals surface area contributed by atoms with E-state index in [0.29, 0.717) is 12.2 Å². The average molecular weight is 294 g/mol. The average Bonchev–Trinajstić information content (AvgIpc) is 2.56. The summed E-state index contributed by atoms with van der Waals surface area (Å²) in [5.41, 5.74) is 2.58. The monoisotopic (exact) mass is 294 g/mol. The molecule has 3 heteroatoms. The quantitative estimate of drug-likeness (QED) is 0.524. The number of hydrogen-bond donors (Lipinski definition) is 0. The van der Waals surface area contributed by atoms with Crippen molar-refractivity contribution in [3.05, 3.63) is 51.9 Å². The van der Waals surface area contributed by atoms with Crippen LogP contribution in [-0.4, -0.2) is 6.61 Å². The lowest BCUT2D eigenvalue weighted by atomic mass is 9.90. The van der Waals surface area contributed by atoms with E-state index in [2.05, 4.69) is 12.1 Å². The molecule has 0 fully saturated rings. The predicted molar refractivity (Wildman–Crippen MR) is 87.8 cm³/mol. The largest absolute Gasteiger partial charge is 0.493 e. The van der Waals surface area contributed by atoms with Gasteiger partial charge in [0.1, 0.15) is 11.3 Å². The lowest BCUT2D eigenvalue weighted by molar-refractivity contribution is 0.344.